The molecule has 0 unspecified atom stereocenters. The van der Waals surface area contributed by atoms with Gasteiger partial charge in [-0.25, -0.2) is 0 Å². The number of thioether (sulfide) groups is 1. The first-order valence-electron chi connectivity index (χ1n) is 8.28. The maximum atomic E-state index is 12.4. The Bertz CT molecular complexity index is 1000. The molecule has 1 aliphatic rings. The summed E-state index contributed by atoms with van der Waals surface area (Å²) in [5, 5.41) is 11.6. The predicted octanol–water partition coefficient (Wildman–Crippen LogP) is 5.44. The molecule has 0 aliphatic carbocycles. The number of thiocarbonyl (C=S) groups is 1. The van der Waals surface area contributed by atoms with Crippen LogP contribution >= 0.6 is 35.7 Å². The van der Waals surface area contributed by atoms with Gasteiger partial charge in [-0.15, -0.1) is 6.58 Å². The van der Waals surface area contributed by atoms with Crippen LogP contribution < -0.4 is 0 Å². The summed E-state index contributed by atoms with van der Waals surface area (Å²) in [5.74, 6) is -0.212. The molecule has 2 aromatic carbocycles. The van der Waals surface area contributed by atoms with E-state index in [1.807, 2.05) is 31.2 Å². The molecule has 0 N–H and O–H groups in total. The van der Waals surface area contributed by atoms with Crippen LogP contribution in [0.5, 0.6) is 0 Å². The monoisotopic (exact) mass is 428 g/mol. The average Bonchev–Trinajstić information content (AvgIpc) is 2.92. The first kappa shape index (κ1) is 20.3. The van der Waals surface area contributed by atoms with Crippen LogP contribution in [0, 0.1) is 17.0 Å². The van der Waals surface area contributed by atoms with E-state index >= 15 is 0 Å². The second-order valence-corrected chi connectivity index (χ2v) is 8.77. The van der Waals surface area contributed by atoms with Crippen LogP contribution in [-0.4, -0.2) is 26.6 Å². The van der Waals surface area contributed by atoms with Gasteiger partial charge in [-0.1, -0.05) is 65.6 Å². The molecule has 2 aromatic rings. The Morgan fingerprint density at radius 3 is 2.64 bits per heavy atom. The molecule has 0 saturated carbocycles. The lowest BCUT2D eigenvalue weighted by atomic mass is 10.2. The summed E-state index contributed by atoms with van der Waals surface area (Å²) in [6.45, 7) is 5.95. The number of nitrogens with zero attached hydrogens (tertiary/aromatic N) is 2. The van der Waals surface area contributed by atoms with Gasteiger partial charge in [0, 0.05) is 17.5 Å². The molecule has 28 heavy (non-hydrogen) atoms. The lowest BCUT2D eigenvalue weighted by Gasteiger charge is -2.10. The highest BCUT2D eigenvalue weighted by Crippen LogP contribution is 2.37. The third-order valence-corrected chi connectivity index (χ3v) is 6.36. The number of nitro groups is 1. The van der Waals surface area contributed by atoms with E-state index in [9.17, 15) is 14.9 Å². The number of rotatable bonds is 6. The van der Waals surface area contributed by atoms with Gasteiger partial charge in [0.15, 0.2) is 0 Å². The zero-order valence-electron chi connectivity index (χ0n) is 15.0. The number of nitro benzene ring substituents is 1. The third-order valence-electron chi connectivity index (χ3n) is 3.91. The zero-order valence-corrected chi connectivity index (χ0v) is 17.4. The van der Waals surface area contributed by atoms with Crippen molar-refractivity contribution < 1.29 is 9.72 Å². The highest BCUT2D eigenvalue weighted by atomic mass is 32.2. The predicted molar refractivity (Wildman–Crippen MR) is 118 cm³/mol. The van der Waals surface area contributed by atoms with Crippen molar-refractivity contribution in [3.05, 3.63) is 81.3 Å². The van der Waals surface area contributed by atoms with E-state index in [0.29, 0.717) is 26.2 Å². The Balaban J connectivity index is 1.90. The Morgan fingerprint density at radius 1 is 1.29 bits per heavy atom. The third kappa shape index (κ3) is 4.52. The highest BCUT2D eigenvalue weighted by molar-refractivity contribution is 8.26. The first-order chi connectivity index (χ1) is 13.4. The SMILES string of the molecule is C=CCN1C(=O)/C(=C\c2ccc(Sc3ccc(C)cc3)c([N+](=O)[O-])c2)SC1=S. The van der Waals surface area contributed by atoms with E-state index in [1.165, 1.54) is 34.5 Å². The minimum Gasteiger partial charge on any atom is -0.289 e. The number of benzene rings is 2. The van der Waals surface area contributed by atoms with Crippen LogP contribution in [0.2, 0.25) is 0 Å². The number of hydrogen-bond acceptors (Lipinski definition) is 6. The van der Waals surface area contributed by atoms with Crippen molar-refractivity contribution in [3.63, 3.8) is 0 Å². The van der Waals surface area contributed by atoms with Crippen LogP contribution in [0.1, 0.15) is 11.1 Å². The normalized spacial score (nSPS) is 15.3. The molecule has 0 bridgehead atoms. The summed E-state index contributed by atoms with van der Waals surface area (Å²) in [6, 6.07) is 12.8. The average molecular weight is 429 g/mol. The van der Waals surface area contributed by atoms with Gasteiger partial charge in [0.2, 0.25) is 0 Å². The molecule has 0 aromatic heterocycles. The molecule has 8 heteroatoms. The van der Waals surface area contributed by atoms with Crippen molar-refractivity contribution in [1.82, 2.24) is 4.90 Å². The van der Waals surface area contributed by atoms with Crippen LogP contribution in [-0.2, 0) is 4.79 Å². The number of amides is 1. The van der Waals surface area contributed by atoms with Crippen molar-refractivity contribution >= 4 is 57.7 Å². The number of carbonyl (C=O) groups excluding carboxylic acids is 1. The van der Waals surface area contributed by atoms with E-state index in [2.05, 4.69) is 6.58 Å². The molecule has 142 valence electrons. The molecule has 1 aliphatic heterocycles. The molecule has 1 amide bonds. The summed E-state index contributed by atoms with van der Waals surface area (Å²) in [4.78, 5) is 27.0. The topological polar surface area (TPSA) is 63.5 Å². The molecular formula is C20H16N2O3S3. The van der Waals surface area contributed by atoms with Gasteiger partial charge in [-0.05, 0) is 36.8 Å². The van der Waals surface area contributed by atoms with Gasteiger partial charge in [-0.3, -0.25) is 19.8 Å². The summed E-state index contributed by atoms with van der Waals surface area (Å²) in [7, 11) is 0. The Hall–Kier alpha value is -2.42. The fourth-order valence-corrected chi connectivity index (χ4v) is 4.70. The van der Waals surface area contributed by atoms with Gasteiger partial charge < -0.3 is 0 Å². The number of carbonyl (C=O) groups is 1. The number of aryl methyl sites for hydroxylation is 1. The van der Waals surface area contributed by atoms with E-state index in [-0.39, 0.29) is 11.6 Å². The van der Waals surface area contributed by atoms with E-state index in [1.54, 1.807) is 24.3 Å². The minimum absolute atomic E-state index is 0.000829. The lowest BCUT2D eigenvalue weighted by molar-refractivity contribution is -0.387. The smallest absolute Gasteiger partial charge is 0.283 e. The minimum atomic E-state index is -0.406. The Kier molecular flexibility index (Phi) is 6.33. The van der Waals surface area contributed by atoms with Gasteiger partial charge >= 0.3 is 0 Å². The largest absolute Gasteiger partial charge is 0.289 e. The van der Waals surface area contributed by atoms with E-state index in [0.717, 1.165) is 10.5 Å². The molecule has 5 nitrogen and oxygen atoms in total. The highest BCUT2D eigenvalue weighted by Gasteiger charge is 2.31. The molecule has 0 spiro atoms. The summed E-state index contributed by atoms with van der Waals surface area (Å²) < 4.78 is 0.456. The maximum Gasteiger partial charge on any atom is 0.283 e. The van der Waals surface area contributed by atoms with Crippen LogP contribution in [0.25, 0.3) is 6.08 Å². The van der Waals surface area contributed by atoms with Crippen LogP contribution in [0.4, 0.5) is 5.69 Å². The second kappa shape index (κ2) is 8.72. The fourth-order valence-electron chi connectivity index (χ4n) is 2.52. The summed E-state index contributed by atoms with van der Waals surface area (Å²) in [6.07, 6.45) is 3.24. The molecule has 0 atom stereocenters. The molecule has 0 radical (unpaired) electrons. The van der Waals surface area contributed by atoms with Gasteiger partial charge in [-0.2, -0.15) is 0 Å². The van der Waals surface area contributed by atoms with Crippen molar-refractivity contribution in [2.24, 2.45) is 0 Å². The van der Waals surface area contributed by atoms with Crippen molar-refractivity contribution in [2.45, 2.75) is 16.7 Å². The first-order valence-corrected chi connectivity index (χ1v) is 10.3. The van der Waals surface area contributed by atoms with Gasteiger partial charge in [0.1, 0.15) is 4.32 Å². The number of hydrogen-bond donors (Lipinski definition) is 0. The molecular weight excluding hydrogens is 412 g/mol. The summed E-state index contributed by atoms with van der Waals surface area (Å²) >= 11 is 7.74. The Labute approximate surface area is 176 Å². The molecule has 1 saturated heterocycles. The van der Waals surface area contributed by atoms with Crippen LogP contribution in [0.3, 0.4) is 0 Å². The van der Waals surface area contributed by atoms with E-state index in [4.69, 9.17) is 12.2 Å². The second-order valence-electron chi connectivity index (χ2n) is 5.98. The van der Waals surface area contributed by atoms with E-state index < -0.39 is 4.92 Å². The Morgan fingerprint density at radius 2 is 2.00 bits per heavy atom. The van der Waals surface area contributed by atoms with Crippen molar-refractivity contribution in [1.29, 1.82) is 0 Å². The van der Waals surface area contributed by atoms with Gasteiger partial charge in [0.05, 0.1) is 14.7 Å². The zero-order chi connectivity index (χ0) is 20.3. The van der Waals surface area contributed by atoms with Crippen molar-refractivity contribution in [3.8, 4) is 0 Å². The lowest BCUT2D eigenvalue weighted by Crippen LogP contribution is -2.27. The quantitative estimate of drug-likeness (QED) is 0.201. The summed E-state index contributed by atoms with van der Waals surface area (Å²) in [5.41, 5.74) is 1.71. The van der Waals surface area contributed by atoms with Crippen LogP contribution in [0.15, 0.2) is 69.8 Å². The van der Waals surface area contributed by atoms with Gasteiger partial charge in [0.25, 0.3) is 11.6 Å². The molecule has 1 fully saturated rings. The van der Waals surface area contributed by atoms with Crippen molar-refractivity contribution in [2.75, 3.05) is 6.54 Å². The standard InChI is InChI=1S/C20H16N2O3S3/c1-3-10-21-19(23)18(28-20(21)26)12-14-6-9-17(16(11-14)22(24)25)27-15-7-4-13(2)5-8-15/h3-9,11-12H,1,10H2,2H3/b18-12+. The molecule has 3 rings (SSSR count). The molecule has 1 heterocycles. The maximum absolute atomic E-state index is 12.4. The fraction of sp³-hybridized carbons (Fsp3) is 0.100.